The van der Waals surface area contributed by atoms with Gasteiger partial charge in [-0.05, 0) is 48.6 Å². The van der Waals surface area contributed by atoms with Crippen molar-refractivity contribution in [3.63, 3.8) is 0 Å². The Bertz CT molecular complexity index is 972. The summed E-state index contributed by atoms with van der Waals surface area (Å²) < 4.78 is 33.6. The average Bonchev–Trinajstić information content (AvgIpc) is 3.56. The first kappa shape index (κ1) is 22.1. The van der Waals surface area contributed by atoms with Gasteiger partial charge in [0.2, 0.25) is 10.0 Å². The van der Waals surface area contributed by atoms with E-state index in [9.17, 15) is 13.2 Å². The Morgan fingerprint density at radius 2 is 1.80 bits per heavy atom. The molecule has 1 aliphatic rings. The lowest BCUT2D eigenvalue weighted by Gasteiger charge is -2.23. The van der Waals surface area contributed by atoms with Gasteiger partial charge in [-0.15, -0.1) is 0 Å². The molecule has 1 saturated carbocycles. The number of amides is 1. The molecule has 8 nitrogen and oxygen atoms in total. The Hall–Kier alpha value is -2.62. The topological polar surface area (TPSA) is 99.2 Å². The van der Waals surface area contributed by atoms with E-state index in [4.69, 9.17) is 9.94 Å². The third-order valence-electron chi connectivity index (χ3n) is 4.89. The van der Waals surface area contributed by atoms with Crippen molar-refractivity contribution in [2.24, 2.45) is 5.92 Å². The van der Waals surface area contributed by atoms with Gasteiger partial charge in [-0.3, -0.25) is 10.0 Å². The number of hydroxylamine groups is 1. The smallest absolute Gasteiger partial charge is 0.258 e. The second-order valence-corrected chi connectivity index (χ2v) is 9.48. The van der Waals surface area contributed by atoms with Crippen LogP contribution in [0, 0.1) is 5.92 Å². The molecule has 0 radical (unpaired) electrons. The third kappa shape index (κ3) is 5.50. The molecule has 0 unspecified atom stereocenters. The van der Waals surface area contributed by atoms with Gasteiger partial charge in [0.05, 0.1) is 13.2 Å². The van der Waals surface area contributed by atoms with Crippen LogP contribution in [0.5, 0.6) is 5.75 Å². The zero-order chi connectivity index (χ0) is 21.7. The van der Waals surface area contributed by atoms with Crippen LogP contribution in [0.2, 0.25) is 0 Å². The van der Waals surface area contributed by atoms with Gasteiger partial charge in [0.1, 0.15) is 10.6 Å². The molecule has 1 amide bonds. The summed E-state index contributed by atoms with van der Waals surface area (Å²) in [5, 5.41) is 8.94. The lowest BCUT2D eigenvalue weighted by molar-refractivity contribution is -0.129. The highest BCUT2D eigenvalue weighted by Gasteiger charge is 2.30. The maximum Gasteiger partial charge on any atom is 0.258 e. The third-order valence-corrected chi connectivity index (χ3v) is 6.73. The van der Waals surface area contributed by atoms with Crippen LogP contribution >= 0.6 is 0 Å². The largest absolute Gasteiger partial charge is 0.492 e. The van der Waals surface area contributed by atoms with E-state index in [1.54, 1.807) is 18.2 Å². The molecule has 162 valence electrons. The van der Waals surface area contributed by atoms with Crippen LogP contribution in [0.25, 0.3) is 0 Å². The number of nitrogens with zero attached hydrogens (tertiary/aromatic N) is 2. The fourth-order valence-electron chi connectivity index (χ4n) is 2.94. The highest BCUT2D eigenvalue weighted by molar-refractivity contribution is 7.89. The maximum atomic E-state index is 13.4. The molecule has 2 aromatic rings. The molecule has 1 fully saturated rings. The maximum absolute atomic E-state index is 13.4. The summed E-state index contributed by atoms with van der Waals surface area (Å²) in [6, 6.07) is 13.8. The summed E-state index contributed by atoms with van der Waals surface area (Å²) in [5.41, 5.74) is 3.20. The van der Waals surface area contributed by atoms with Gasteiger partial charge in [0, 0.05) is 26.3 Å². The standard InChI is InChI=1S/C21H27N3O5S/c1-23(2)18-11-9-16(10-12-18)13-24(14-21(25)22-26)30(27,28)20-6-4-3-5-19(20)29-15-17-7-8-17/h3-6,9-12,17,26H,7-8,13-15H2,1-2H3,(H,22,25). The highest BCUT2D eigenvalue weighted by Crippen LogP contribution is 2.32. The first-order valence-corrected chi connectivity index (χ1v) is 11.2. The van der Waals surface area contributed by atoms with Crippen molar-refractivity contribution in [3.8, 4) is 5.75 Å². The summed E-state index contributed by atoms with van der Waals surface area (Å²) in [4.78, 5) is 13.8. The van der Waals surface area contributed by atoms with Gasteiger partial charge >= 0.3 is 0 Å². The van der Waals surface area contributed by atoms with Gasteiger partial charge in [-0.2, -0.15) is 4.31 Å². The summed E-state index contributed by atoms with van der Waals surface area (Å²) in [6.45, 7) is -0.0820. The van der Waals surface area contributed by atoms with Crippen LogP contribution < -0.4 is 15.1 Å². The Morgan fingerprint density at radius 1 is 1.13 bits per heavy atom. The molecule has 1 aliphatic carbocycles. The van der Waals surface area contributed by atoms with Crippen LogP contribution in [0.1, 0.15) is 18.4 Å². The predicted octanol–water partition coefficient (Wildman–Crippen LogP) is 2.24. The van der Waals surface area contributed by atoms with Gasteiger partial charge in [-0.25, -0.2) is 13.9 Å². The number of sulfonamides is 1. The van der Waals surface area contributed by atoms with Crippen molar-refractivity contribution in [2.75, 3.05) is 32.1 Å². The van der Waals surface area contributed by atoms with Crippen LogP contribution in [0.3, 0.4) is 0 Å². The van der Waals surface area contributed by atoms with Crippen LogP contribution in [-0.4, -0.2) is 51.1 Å². The van der Waals surface area contributed by atoms with Gasteiger partial charge in [0.15, 0.2) is 0 Å². The average molecular weight is 434 g/mol. The quantitative estimate of drug-likeness (QED) is 0.440. The molecular formula is C21H27N3O5S. The fourth-order valence-corrected chi connectivity index (χ4v) is 4.45. The summed E-state index contributed by atoms with van der Waals surface area (Å²) in [6.07, 6.45) is 2.17. The van der Waals surface area contributed by atoms with Gasteiger partial charge in [0.25, 0.3) is 5.91 Å². The Labute approximate surface area is 177 Å². The van der Waals surface area contributed by atoms with Crippen molar-refractivity contribution in [1.29, 1.82) is 0 Å². The molecular weight excluding hydrogens is 406 g/mol. The first-order valence-electron chi connectivity index (χ1n) is 9.72. The number of nitrogens with one attached hydrogen (secondary N) is 1. The summed E-state index contributed by atoms with van der Waals surface area (Å²) in [7, 11) is -0.238. The Morgan fingerprint density at radius 3 is 2.40 bits per heavy atom. The molecule has 30 heavy (non-hydrogen) atoms. The molecule has 9 heteroatoms. The van der Waals surface area contributed by atoms with E-state index in [0.29, 0.717) is 18.1 Å². The monoisotopic (exact) mass is 433 g/mol. The van der Waals surface area contributed by atoms with Gasteiger partial charge < -0.3 is 9.64 Å². The Balaban J connectivity index is 1.89. The van der Waals surface area contributed by atoms with Gasteiger partial charge in [-0.1, -0.05) is 24.3 Å². The Kier molecular flexibility index (Phi) is 6.96. The number of para-hydroxylation sites is 1. The highest BCUT2D eigenvalue weighted by atomic mass is 32.2. The number of rotatable bonds is 10. The molecule has 0 aromatic heterocycles. The molecule has 2 N–H and O–H groups in total. The minimum atomic E-state index is -4.06. The number of ether oxygens (including phenoxy) is 1. The normalized spacial score (nSPS) is 13.9. The van der Waals surface area contributed by atoms with E-state index in [1.807, 2.05) is 43.3 Å². The molecule has 0 bridgehead atoms. The van der Waals surface area contributed by atoms with Crippen LogP contribution in [0.15, 0.2) is 53.4 Å². The zero-order valence-corrected chi connectivity index (χ0v) is 17.9. The van der Waals surface area contributed by atoms with E-state index in [0.717, 1.165) is 22.8 Å². The molecule has 3 rings (SSSR count). The number of anilines is 1. The van der Waals surface area contributed by atoms with Crippen LogP contribution in [-0.2, 0) is 21.4 Å². The minimum Gasteiger partial charge on any atom is -0.492 e. The number of hydrogen-bond donors (Lipinski definition) is 2. The number of carbonyl (C=O) groups is 1. The lowest BCUT2D eigenvalue weighted by Crippen LogP contribution is -2.39. The van der Waals surface area contributed by atoms with E-state index in [2.05, 4.69) is 0 Å². The first-order chi connectivity index (χ1) is 14.3. The van der Waals surface area contributed by atoms with Crippen molar-refractivity contribution in [2.45, 2.75) is 24.3 Å². The van der Waals surface area contributed by atoms with Crippen molar-refractivity contribution >= 4 is 21.6 Å². The number of hydrogen-bond acceptors (Lipinski definition) is 6. The van der Waals surface area contributed by atoms with E-state index in [-0.39, 0.29) is 17.2 Å². The fraction of sp³-hybridized carbons (Fsp3) is 0.381. The van der Waals surface area contributed by atoms with Crippen LogP contribution in [0.4, 0.5) is 5.69 Å². The predicted molar refractivity (Wildman–Crippen MR) is 113 cm³/mol. The summed E-state index contributed by atoms with van der Waals surface area (Å²) in [5.74, 6) is -0.0890. The molecule has 0 spiro atoms. The van der Waals surface area contributed by atoms with Crippen molar-refractivity contribution in [1.82, 2.24) is 9.79 Å². The minimum absolute atomic E-state index is 0.00121. The molecule has 0 heterocycles. The van der Waals surface area contributed by atoms with E-state index in [1.165, 1.54) is 11.5 Å². The van der Waals surface area contributed by atoms with E-state index < -0.39 is 22.5 Å². The number of carbonyl (C=O) groups excluding carboxylic acids is 1. The second kappa shape index (κ2) is 9.46. The summed E-state index contributed by atoms with van der Waals surface area (Å²) >= 11 is 0. The lowest BCUT2D eigenvalue weighted by atomic mass is 10.2. The second-order valence-electron chi connectivity index (χ2n) is 7.57. The molecule has 0 saturated heterocycles. The molecule has 0 aliphatic heterocycles. The number of benzene rings is 2. The van der Waals surface area contributed by atoms with Crippen molar-refractivity contribution in [3.05, 3.63) is 54.1 Å². The van der Waals surface area contributed by atoms with E-state index >= 15 is 0 Å². The SMILES string of the molecule is CN(C)c1ccc(CN(CC(=O)NO)S(=O)(=O)c2ccccc2OCC2CC2)cc1. The molecule has 0 atom stereocenters. The van der Waals surface area contributed by atoms with Crippen molar-refractivity contribution < 1.29 is 23.2 Å². The molecule has 2 aromatic carbocycles. The zero-order valence-electron chi connectivity index (χ0n) is 17.1.